The van der Waals surface area contributed by atoms with Crippen LogP contribution in [0.3, 0.4) is 0 Å². The molecule has 0 radical (unpaired) electrons. The van der Waals surface area contributed by atoms with Crippen molar-refractivity contribution in [3.05, 3.63) is 39.9 Å². The van der Waals surface area contributed by atoms with Gasteiger partial charge in [-0.25, -0.2) is 0 Å². The van der Waals surface area contributed by atoms with Crippen LogP contribution in [-0.2, 0) is 4.74 Å². The van der Waals surface area contributed by atoms with Crippen LogP contribution in [0.4, 0.5) is 5.69 Å². The van der Waals surface area contributed by atoms with Crippen LogP contribution >= 0.6 is 0 Å². The number of hydrogen-bond donors (Lipinski definition) is 0. The number of hydrogen-bond acceptors (Lipinski definition) is 4. The van der Waals surface area contributed by atoms with Crippen LogP contribution in [-0.4, -0.2) is 42.2 Å². The molecule has 19 heavy (non-hydrogen) atoms. The second-order valence-electron chi connectivity index (χ2n) is 5.32. The van der Waals surface area contributed by atoms with Gasteiger partial charge < -0.3 is 4.74 Å². The molecule has 0 atom stereocenters. The molecule has 0 unspecified atom stereocenters. The third kappa shape index (κ3) is 2.48. The Morgan fingerprint density at radius 2 is 1.89 bits per heavy atom. The van der Waals surface area contributed by atoms with Crippen molar-refractivity contribution in [2.75, 3.05) is 26.3 Å². The average Bonchev–Trinajstić information content (AvgIpc) is 2.37. The van der Waals surface area contributed by atoms with Crippen LogP contribution in [0.15, 0.2) is 24.3 Å². The van der Waals surface area contributed by atoms with E-state index >= 15 is 0 Å². The predicted octanol–water partition coefficient (Wildman–Crippen LogP) is 2.17. The number of para-hydroxylation sites is 1. The lowest BCUT2D eigenvalue weighted by Crippen LogP contribution is -2.51. The summed E-state index contributed by atoms with van der Waals surface area (Å²) in [6.45, 7) is 3.72. The molecular weight excluding hydrogens is 244 g/mol. The van der Waals surface area contributed by atoms with Gasteiger partial charge >= 0.3 is 0 Å². The molecule has 2 saturated heterocycles. The topological polar surface area (TPSA) is 55.6 Å². The van der Waals surface area contributed by atoms with Gasteiger partial charge in [-0.1, -0.05) is 18.2 Å². The van der Waals surface area contributed by atoms with E-state index in [9.17, 15) is 10.1 Å². The molecule has 0 aliphatic carbocycles. The van der Waals surface area contributed by atoms with Crippen LogP contribution in [0.1, 0.15) is 24.3 Å². The van der Waals surface area contributed by atoms with E-state index in [4.69, 9.17) is 4.74 Å². The standard InChI is InChI=1S/C14H18N2O3/c17-16(18)14-4-2-1-3-13(14)11-5-7-15(8-6-11)12-9-19-10-12/h1-4,11-12H,5-10H2. The number of nitrogens with zero attached hydrogens (tertiary/aromatic N) is 2. The number of nitro benzene ring substituents is 1. The first-order valence-corrected chi connectivity index (χ1v) is 6.81. The first-order valence-electron chi connectivity index (χ1n) is 6.81. The molecule has 102 valence electrons. The number of piperidine rings is 1. The molecule has 2 aliphatic heterocycles. The average molecular weight is 262 g/mol. The Labute approximate surface area is 112 Å². The Kier molecular flexibility index (Phi) is 3.48. The van der Waals surface area contributed by atoms with Gasteiger partial charge in [0.2, 0.25) is 0 Å². The summed E-state index contributed by atoms with van der Waals surface area (Å²) in [5.74, 6) is 0.318. The van der Waals surface area contributed by atoms with Crippen molar-refractivity contribution in [3.8, 4) is 0 Å². The van der Waals surface area contributed by atoms with Gasteiger partial charge in [0, 0.05) is 11.6 Å². The van der Waals surface area contributed by atoms with Gasteiger partial charge in [0.25, 0.3) is 5.69 Å². The zero-order chi connectivity index (χ0) is 13.2. The quantitative estimate of drug-likeness (QED) is 0.619. The highest BCUT2D eigenvalue weighted by molar-refractivity contribution is 5.42. The van der Waals surface area contributed by atoms with Gasteiger partial charge in [0.05, 0.1) is 24.2 Å². The molecular formula is C14H18N2O3. The van der Waals surface area contributed by atoms with Crippen LogP contribution in [0, 0.1) is 10.1 Å². The molecule has 0 aromatic heterocycles. The molecule has 0 N–H and O–H groups in total. The summed E-state index contributed by atoms with van der Waals surface area (Å²) >= 11 is 0. The summed E-state index contributed by atoms with van der Waals surface area (Å²) < 4.78 is 5.22. The molecule has 0 amide bonds. The van der Waals surface area contributed by atoms with E-state index in [1.807, 2.05) is 12.1 Å². The lowest BCUT2D eigenvalue weighted by molar-refractivity contribution is -0.385. The van der Waals surface area contributed by atoms with Crippen molar-refractivity contribution in [3.63, 3.8) is 0 Å². The lowest BCUT2D eigenvalue weighted by atomic mass is 9.87. The highest BCUT2D eigenvalue weighted by atomic mass is 16.6. The maximum atomic E-state index is 11.1. The van der Waals surface area contributed by atoms with E-state index in [0.717, 1.165) is 44.7 Å². The fourth-order valence-electron chi connectivity index (χ4n) is 3.01. The molecule has 3 rings (SSSR count). The van der Waals surface area contributed by atoms with Crippen LogP contribution < -0.4 is 0 Å². The fraction of sp³-hybridized carbons (Fsp3) is 0.571. The molecule has 0 spiro atoms. The number of nitro groups is 1. The monoisotopic (exact) mass is 262 g/mol. The summed E-state index contributed by atoms with van der Waals surface area (Å²) in [7, 11) is 0. The normalized spacial score (nSPS) is 22.1. The molecule has 1 aromatic carbocycles. The minimum Gasteiger partial charge on any atom is -0.378 e. The van der Waals surface area contributed by atoms with Crippen molar-refractivity contribution in [2.45, 2.75) is 24.8 Å². The number of likely N-dealkylation sites (tertiary alicyclic amines) is 1. The van der Waals surface area contributed by atoms with Gasteiger partial charge in [-0.3, -0.25) is 15.0 Å². The molecule has 5 nitrogen and oxygen atoms in total. The van der Waals surface area contributed by atoms with E-state index in [2.05, 4.69) is 4.90 Å². The van der Waals surface area contributed by atoms with Crippen LogP contribution in [0.2, 0.25) is 0 Å². The van der Waals surface area contributed by atoms with Crippen molar-refractivity contribution in [2.24, 2.45) is 0 Å². The van der Waals surface area contributed by atoms with Crippen molar-refractivity contribution in [1.29, 1.82) is 0 Å². The van der Waals surface area contributed by atoms with Crippen LogP contribution in [0.5, 0.6) is 0 Å². The minimum absolute atomic E-state index is 0.262. The summed E-state index contributed by atoms with van der Waals surface area (Å²) in [5.41, 5.74) is 1.17. The maximum absolute atomic E-state index is 11.1. The summed E-state index contributed by atoms with van der Waals surface area (Å²) in [4.78, 5) is 13.3. The van der Waals surface area contributed by atoms with Crippen molar-refractivity contribution >= 4 is 5.69 Å². The molecule has 2 heterocycles. The first kappa shape index (κ1) is 12.6. The Morgan fingerprint density at radius 1 is 1.21 bits per heavy atom. The van der Waals surface area contributed by atoms with E-state index in [-0.39, 0.29) is 10.6 Å². The lowest BCUT2D eigenvalue weighted by Gasteiger charge is -2.41. The smallest absolute Gasteiger partial charge is 0.272 e. The van der Waals surface area contributed by atoms with Gasteiger partial charge in [-0.2, -0.15) is 0 Å². The molecule has 5 heteroatoms. The predicted molar refractivity (Wildman–Crippen MR) is 71.3 cm³/mol. The van der Waals surface area contributed by atoms with E-state index < -0.39 is 0 Å². The second-order valence-corrected chi connectivity index (χ2v) is 5.32. The Balaban J connectivity index is 1.69. The Bertz CT molecular complexity index is 466. The Morgan fingerprint density at radius 3 is 2.47 bits per heavy atom. The van der Waals surface area contributed by atoms with E-state index in [1.54, 1.807) is 12.1 Å². The number of ether oxygens (including phenoxy) is 1. The first-order chi connectivity index (χ1) is 9.25. The van der Waals surface area contributed by atoms with Gasteiger partial charge in [0.15, 0.2) is 0 Å². The number of benzene rings is 1. The molecule has 0 bridgehead atoms. The molecule has 2 aliphatic rings. The second kappa shape index (κ2) is 5.27. The van der Waals surface area contributed by atoms with Crippen LogP contribution in [0.25, 0.3) is 0 Å². The minimum atomic E-state index is -0.262. The molecule has 0 saturated carbocycles. The molecule has 2 fully saturated rings. The van der Waals surface area contributed by atoms with Crippen molar-refractivity contribution in [1.82, 2.24) is 4.90 Å². The summed E-state index contributed by atoms with van der Waals surface area (Å²) in [6.07, 6.45) is 2.00. The zero-order valence-corrected chi connectivity index (χ0v) is 10.8. The highest BCUT2D eigenvalue weighted by Gasteiger charge is 2.31. The summed E-state index contributed by atoms with van der Waals surface area (Å²) in [6, 6.07) is 7.73. The summed E-state index contributed by atoms with van der Waals surface area (Å²) in [5, 5.41) is 11.1. The van der Waals surface area contributed by atoms with E-state index in [1.165, 1.54) is 0 Å². The third-order valence-electron chi connectivity index (χ3n) is 4.24. The van der Waals surface area contributed by atoms with Gasteiger partial charge in [-0.15, -0.1) is 0 Å². The maximum Gasteiger partial charge on any atom is 0.272 e. The van der Waals surface area contributed by atoms with Gasteiger partial charge in [-0.05, 0) is 31.8 Å². The highest BCUT2D eigenvalue weighted by Crippen LogP contribution is 2.34. The molecule has 1 aromatic rings. The fourth-order valence-corrected chi connectivity index (χ4v) is 3.01. The van der Waals surface area contributed by atoms with Crippen molar-refractivity contribution < 1.29 is 9.66 Å². The zero-order valence-electron chi connectivity index (χ0n) is 10.8. The third-order valence-corrected chi connectivity index (χ3v) is 4.24. The van der Waals surface area contributed by atoms with Gasteiger partial charge in [0.1, 0.15) is 0 Å². The largest absolute Gasteiger partial charge is 0.378 e. The SMILES string of the molecule is O=[N+]([O-])c1ccccc1C1CCN(C2COC2)CC1. The van der Waals surface area contributed by atoms with E-state index in [0.29, 0.717) is 12.0 Å². The number of rotatable bonds is 3. The Hall–Kier alpha value is -1.46.